The van der Waals surface area contributed by atoms with Gasteiger partial charge in [-0.25, -0.2) is 0 Å². The van der Waals surface area contributed by atoms with Crippen LogP contribution in [0.3, 0.4) is 0 Å². The maximum atomic E-state index is 11.4. The van der Waals surface area contributed by atoms with Gasteiger partial charge in [-0.2, -0.15) is 0 Å². The van der Waals surface area contributed by atoms with Crippen LogP contribution in [0.2, 0.25) is 0 Å². The number of hydrogen-bond donors (Lipinski definition) is 3. The molecule has 0 radical (unpaired) electrons. The molecule has 0 rings (SSSR count). The standard InChI is InChI=1S/C6H16O5P2.C5H13O2P/c1-6(2,3)13(9,10)11-5-12(4,7)8;1-5(2,3)8(4,6)7/h5H2,1-4H3,(H,7,8)(H,9,10);1-4H3,(H,6,7). The molecule has 0 bridgehead atoms. The minimum absolute atomic E-state index is 0.451. The lowest BCUT2D eigenvalue weighted by Gasteiger charge is -2.25. The first-order chi connectivity index (χ1) is 8.71. The van der Waals surface area contributed by atoms with Gasteiger partial charge in [0, 0.05) is 18.5 Å². The molecule has 0 fully saturated rings. The number of hydrogen-bond acceptors (Lipinski definition) is 4. The predicted molar refractivity (Wildman–Crippen MR) is 86.8 cm³/mol. The van der Waals surface area contributed by atoms with Gasteiger partial charge in [-0.05, 0) is 20.8 Å². The van der Waals surface area contributed by atoms with Gasteiger partial charge in [0.1, 0.15) is 6.35 Å². The molecular weight excluding hydrogens is 337 g/mol. The van der Waals surface area contributed by atoms with E-state index in [0.29, 0.717) is 0 Å². The van der Waals surface area contributed by atoms with E-state index in [0.717, 1.165) is 6.66 Å². The summed E-state index contributed by atoms with van der Waals surface area (Å²) in [4.78, 5) is 27.1. The maximum absolute atomic E-state index is 11.4. The minimum Gasteiger partial charge on any atom is -0.344 e. The molecule has 0 saturated carbocycles. The first kappa shape index (κ1) is 23.8. The molecule has 10 heteroatoms. The zero-order valence-electron chi connectivity index (χ0n) is 14.0. The molecule has 0 spiro atoms. The Morgan fingerprint density at radius 1 is 0.810 bits per heavy atom. The van der Waals surface area contributed by atoms with Gasteiger partial charge in [0.25, 0.3) is 0 Å². The third-order valence-corrected chi connectivity index (χ3v) is 8.04. The van der Waals surface area contributed by atoms with Gasteiger partial charge in [-0.1, -0.05) is 20.8 Å². The first-order valence-corrected chi connectivity index (χ1v) is 12.3. The van der Waals surface area contributed by atoms with Gasteiger partial charge in [0.15, 0.2) is 0 Å². The summed E-state index contributed by atoms with van der Waals surface area (Å²) >= 11 is 0. The van der Waals surface area contributed by atoms with E-state index in [1.807, 2.05) is 0 Å². The molecular formula is C11H29O7P3. The lowest BCUT2D eigenvalue weighted by molar-refractivity contribution is 0.267. The summed E-state index contributed by atoms with van der Waals surface area (Å²) in [5.41, 5.74) is 0. The van der Waals surface area contributed by atoms with E-state index in [2.05, 4.69) is 4.52 Å². The normalized spacial score (nSPS) is 21.3. The Balaban J connectivity index is 0. The van der Waals surface area contributed by atoms with Crippen molar-refractivity contribution in [3.63, 3.8) is 0 Å². The molecule has 0 aliphatic carbocycles. The van der Waals surface area contributed by atoms with Gasteiger partial charge >= 0.3 is 7.60 Å². The van der Waals surface area contributed by atoms with E-state index in [1.165, 1.54) is 27.4 Å². The molecule has 0 amide bonds. The molecule has 0 aliphatic heterocycles. The Hall–Kier alpha value is 0.530. The van der Waals surface area contributed by atoms with Crippen LogP contribution in [0, 0.1) is 0 Å². The van der Waals surface area contributed by atoms with E-state index >= 15 is 0 Å². The average Bonchev–Trinajstić information content (AvgIpc) is 2.09. The zero-order chi connectivity index (χ0) is 17.9. The van der Waals surface area contributed by atoms with Crippen molar-refractivity contribution < 1.29 is 32.9 Å². The van der Waals surface area contributed by atoms with Crippen LogP contribution in [-0.4, -0.2) is 44.7 Å². The summed E-state index contributed by atoms with van der Waals surface area (Å²) in [6, 6.07) is 0. The fraction of sp³-hybridized carbons (Fsp3) is 1.00. The predicted octanol–water partition coefficient (Wildman–Crippen LogP) is 3.53. The molecule has 7 nitrogen and oxygen atoms in total. The Morgan fingerprint density at radius 3 is 1.24 bits per heavy atom. The van der Waals surface area contributed by atoms with Crippen molar-refractivity contribution in [3.05, 3.63) is 0 Å². The van der Waals surface area contributed by atoms with Gasteiger partial charge in [0.2, 0.25) is 14.7 Å². The van der Waals surface area contributed by atoms with Crippen LogP contribution < -0.4 is 0 Å². The van der Waals surface area contributed by atoms with Crippen LogP contribution in [0.15, 0.2) is 0 Å². The Bertz CT molecular complexity index is 461. The lowest BCUT2D eigenvalue weighted by Crippen LogP contribution is -2.16. The van der Waals surface area contributed by atoms with Crippen LogP contribution in [-0.2, 0) is 18.2 Å². The highest BCUT2D eigenvalue weighted by atomic mass is 31.2. The number of rotatable bonds is 3. The van der Waals surface area contributed by atoms with E-state index in [4.69, 9.17) is 9.79 Å². The Labute approximate surface area is 127 Å². The topological polar surface area (TPSA) is 121 Å². The molecule has 0 heterocycles. The van der Waals surface area contributed by atoms with Crippen LogP contribution in [0.1, 0.15) is 41.5 Å². The molecule has 0 aliphatic rings. The van der Waals surface area contributed by atoms with Gasteiger partial charge in [-0.3, -0.25) is 18.2 Å². The second-order valence-corrected chi connectivity index (χ2v) is 15.2. The minimum atomic E-state index is -3.81. The third kappa shape index (κ3) is 10.8. The van der Waals surface area contributed by atoms with Crippen LogP contribution in [0.25, 0.3) is 0 Å². The Morgan fingerprint density at radius 2 is 1.10 bits per heavy atom. The third-order valence-electron chi connectivity index (χ3n) is 2.56. The fourth-order valence-electron chi connectivity index (χ4n) is 0.379. The molecule has 3 unspecified atom stereocenters. The van der Waals surface area contributed by atoms with Crippen molar-refractivity contribution in [1.29, 1.82) is 0 Å². The highest BCUT2D eigenvalue weighted by Crippen LogP contribution is 2.57. The smallest absolute Gasteiger partial charge is 0.333 e. The summed E-state index contributed by atoms with van der Waals surface area (Å²) in [5.74, 6) is 0. The van der Waals surface area contributed by atoms with Crippen molar-refractivity contribution in [2.45, 2.75) is 51.9 Å². The van der Waals surface area contributed by atoms with Crippen LogP contribution in [0.4, 0.5) is 0 Å². The lowest BCUT2D eigenvalue weighted by atomic mass is 10.3. The Kier molecular flexibility index (Phi) is 8.38. The highest BCUT2D eigenvalue weighted by molar-refractivity contribution is 7.59. The van der Waals surface area contributed by atoms with Crippen molar-refractivity contribution in [1.82, 2.24) is 0 Å². The van der Waals surface area contributed by atoms with Gasteiger partial charge in [0.05, 0.1) is 5.16 Å². The molecule has 0 saturated heterocycles. The molecule has 21 heavy (non-hydrogen) atoms. The quantitative estimate of drug-likeness (QED) is 0.653. The second-order valence-electron chi connectivity index (χ2n) is 7.05. The van der Waals surface area contributed by atoms with Crippen molar-refractivity contribution in [2.75, 3.05) is 19.7 Å². The first-order valence-electron chi connectivity index (χ1n) is 6.28. The monoisotopic (exact) mass is 366 g/mol. The highest BCUT2D eigenvalue weighted by Gasteiger charge is 2.37. The van der Waals surface area contributed by atoms with Crippen molar-refractivity contribution >= 4 is 22.3 Å². The second kappa shape index (κ2) is 7.40. The van der Waals surface area contributed by atoms with Crippen molar-refractivity contribution in [2.24, 2.45) is 0 Å². The summed E-state index contributed by atoms with van der Waals surface area (Å²) in [5, 5.41) is -1.38. The van der Waals surface area contributed by atoms with E-state index < -0.39 is 39.0 Å². The largest absolute Gasteiger partial charge is 0.344 e. The fourth-order valence-corrected chi connectivity index (χ4v) is 2.25. The summed E-state index contributed by atoms with van der Waals surface area (Å²) in [6.45, 7) is 12.3. The van der Waals surface area contributed by atoms with Crippen molar-refractivity contribution in [3.8, 4) is 0 Å². The maximum Gasteiger partial charge on any atom is 0.333 e. The van der Waals surface area contributed by atoms with Crippen LogP contribution >= 0.6 is 22.3 Å². The summed E-state index contributed by atoms with van der Waals surface area (Å²) in [7, 11) is -10.0. The van der Waals surface area contributed by atoms with E-state index in [9.17, 15) is 18.6 Å². The molecule has 0 aromatic heterocycles. The van der Waals surface area contributed by atoms with Gasteiger partial charge < -0.3 is 14.7 Å². The molecule has 0 aromatic carbocycles. The van der Waals surface area contributed by atoms with Crippen LogP contribution in [0.5, 0.6) is 0 Å². The van der Waals surface area contributed by atoms with E-state index in [-0.39, 0.29) is 0 Å². The summed E-state index contributed by atoms with van der Waals surface area (Å²) < 4.78 is 37.5. The van der Waals surface area contributed by atoms with E-state index in [1.54, 1.807) is 20.8 Å². The zero-order valence-corrected chi connectivity index (χ0v) is 16.7. The average molecular weight is 366 g/mol. The molecule has 0 aromatic rings. The SMILES string of the molecule is CC(C)(C)P(=O)(O)OCP(C)(=O)O.CC(C)(C)P(C)(=O)O. The van der Waals surface area contributed by atoms with Gasteiger partial charge in [-0.15, -0.1) is 0 Å². The molecule has 3 N–H and O–H groups in total. The molecule has 3 atom stereocenters. The molecule has 130 valence electrons. The summed E-state index contributed by atoms with van der Waals surface area (Å²) in [6.07, 6.45) is -0.585.